The van der Waals surface area contributed by atoms with Gasteiger partial charge in [0.1, 0.15) is 0 Å². The van der Waals surface area contributed by atoms with Gasteiger partial charge in [-0.1, -0.05) is 25.7 Å². The molecule has 0 bridgehead atoms. The fraction of sp³-hybridized carbons (Fsp3) is 0.562. The van der Waals surface area contributed by atoms with E-state index in [0.29, 0.717) is 6.42 Å². The summed E-state index contributed by atoms with van der Waals surface area (Å²) in [4.78, 5) is 15.9. The Bertz CT molecular complexity index is 506. The van der Waals surface area contributed by atoms with E-state index < -0.39 is 0 Å². The topological polar surface area (TPSA) is 40.5 Å². The molecule has 1 rings (SSSR count). The van der Waals surface area contributed by atoms with E-state index in [-0.39, 0.29) is 18.6 Å². The first-order chi connectivity index (χ1) is 9.54. The zero-order valence-electron chi connectivity index (χ0n) is 12.7. The molecule has 4 heteroatoms. The van der Waals surface area contributed by atoms with Gasteiger partial charge >= 0.3 is 0 Å². The van der Waals surface area contributed by atoms with Gasteiger partial charge in [0, 0.05) is 19.5 Å². The minimum absolute atomic E-state index is 0.0701. The molecule has 1 aromatic rings. The van der Waals surface area contributed by atoms with Crippen molar-refractivity contribution in [3.05, 3.63) is 21.4 Å². The third-order valence-electron chi connectivity index (χ3n) is 3.38. The van der Waals surface area contributed by atoms with Crippen molar-refractivity contribution >= 4 is 17.2 Å². The second-order valence-corrected chi connectivity index (χ2v) is 5.84. The zero-order chi connectivity index (χ0) is 15.1. The van der Waals surface area contributed by atoms with E-state index in [9.17, 15) is 4.79 Å². The first-order valence-electron chi connectivity index (χ1n) is 7.02. The number of rotatable bonds is 5. The summed E-state index contributed by atoms with van der Waals surface area (Å²) >= 11 is 1.44. The Balaban J connectivity index is 2.90. The second-order valence-electron chi connectivity index (χ2n) is 4.78. The largest absolute Gasteiger partial charge is 0.395 e. The van der Waals surface area contributed by atoms with Crippen LogP contribution in [0.25, 0.3) is 0 Å². The summed E-state index contributed by atoms with van der Waals surface area (Å²) in [5, 5.41) is 8.74. The van der Waals surface area contributed by atoms with E-state index in [0.717, 1.165) is 28.2 Å². The number of aryl methyl sites for hydroxylation is 1. The van der Waals surface area contributed by atoms with E-state index in [1.807, 2.05) is 24.9 Å². The summed E-state index contributed by atoms with van der Waals surface area (Å²) in [5.41, 5.74) is 1.03. The number of aliphatic hydroxyl groups excluding tert-OH is 1. The van der Waals surface area contributed by atoms with Crippen molar-refractivity contribution < 1.29 is 9.90 Å². The predicted molar refractivity (Wildman–Crippen MR) is 84.1 cm³/mol. The van der Waals surface area contributed by atoms with Crippen LogP contribution in [-0.2, 0) is 0 Å². The minimum Gasteiger partial charge on any atom is -0.395 e. The number of hydrogen-bond acceptors (Lipinski definition) is 3. The lowest BCUT2D eigenvalue weighted by molar-refractivity contribution is 0.0728. The molecule has 1 amide bonds. The highest BCUT2D eigenvalue weighted by atomic mass is 32.1. The van der Waals surface area contributed by atoms with Gasteiger partial charge in [0.25, 0.3) is 5.91 Å². The van der Waals surface area contributed by atoms with Crippen LogP contribution in [0.4, 0.5) is 0 Å². The SMILES string of the molecule is CCC(CC)N(C)C(=O)c1cc(C)c(C#CCCO)s1. The Morgan fingerprint density at radius 3 is 2.65 bits per heavy atom. The lowest BCUT2D eigenvalue weighted by Gasteiger charge is -2.25. The third-order valence-corrected chi connectivity index (χ3v) is 4.52. The average molecular weight is 293 g/mol. The number of carbonyl (C=O) groups is 1. The average Bonchev–Trinajstić information content (AvgIpc) is 2.81. The molecule has 0 unspecified atom stereocenters. The van der Waals surface area contributed by atoms with Gasteiger partial charge in [0.2, 0.25) is 0 Å². The summed E-state index contributed by atoms with van der Waals surface area (Å²) in [6, 6.07) is 2.20. The van der Waals surface area contributed by atoms with Crippen molar-refractivity contribution in [2.24, 2.45) is 0 Å². The molecular formula is C16H23NO2S. The first kappa shape index (κ1) is 16.7. The van der Waals surface area contributed by atoms with Crippen LogP contribution < -0.4 is 0 Å². The van der Waals surface area contributed by atoms with Crippen LogP contribution in [0.5, 0.6) is 0 Å². The fourth-order valence-electron chi connectivity index (χ4n) is 2.09. The van der Waals surface area contributed by atoms with E-state index in [1.54, 1.807) is 0 Å². The molecule has 0 atom stereocenters. The van der Waals surface area contributed by atoms with Crippen molar-refractivity contribution in [3.8, 4) is 11.8 Å². The van der Waals surface area contributed by atoms with E-state index >= 15 is 0 Å². The Kier molecular flexibility index (Phi) is 6.77. The lowest BCUT2D eigenvalue weighted by atomic mass is 10.1. The maximum absolute atomic E-state index is 12.4. The Labute approximate surface area is 125 Å². The number of nitrogens with zero attached hydrogens (tertiary/aromatic N) is 1. The standard InChI is InChI=1S/C16H23NO2S/c1-5-13(6-2)17(4)16(19)15-11-12(3)14(20-15)9-7-8-10-18/h11,13,18H,5-6,8,10H2,1-4H3. The summed E-state index contributed by atoms with van der Waals surface area (Å²) in [5.74, 6) is 6.00. The third kappa shape index (κ3) is 4.09. The summed E-state index contributed by atoms with van der Waals surface area (Å²) in [6.45, 7) is 6.24. The molecule has 0 saturated heterocycles. The Morgan fingerprint density at radius 2 is 2.10 bits per heavy atom. The highest BCUT2D eigenvalue weighted by Gasteiger charge is 2.20. The van der Waals surface area contributed by atoms with Crippen molar-refractivity contribution in [2.75, 3.05) is 13.7 Å². The minimum atomic E-state index is 0.0701. The van der Waals surface area contributed by atoms with Gasteiger partial charge < -0.3 is 10.0 Å². The molecule has 0 saturated carbocycles. The molecular weight excluding hydrogens is 270 g/mol. The first-order valence-corrected chi connectivity index (χ1v) is 7.84. The molecule has 1 aromatic heterocycles. The molecule has 0 aliphatic carbocycles. The van der Waals surface area contributed by atoms with Crippen molar-refractivity contribution in [2.45, 2.75) is 46.1 Å². The van der Waals surface area contributed by atoms with E-state index in [4.69, 9.17) is 5.11 Å². The van der Waals surface area contributed by atoms with Crippen molar-refractivity contribution in [1.29, 1.82) is 0 Å². The van der Waals surface area contributed by atoms with E-state index in [1.165, 1.54) is 11.3 Å². The van der Waals surface area contributed by atoms with Crippen molar-refractivity contribution in [3.63, 3.8) is 0 Å². The van der Waals surface area contributed by atoms with Gasteiger partial charge in [0.15, 0.2) is 0 Å². The van der Waals surface area contributed by atoms with Crippen LogP contribution in [0.2, 0.25) is 0 Å². The monoisotopic (exact) mass is 293 g/mol. The number of thiophene rings is 1. The summed E-state index contributed by atoms with van der Waals surface area (Å²) in [6.07, 6.45) is 2.40. The molecule has 0 aliphatic heterocycles. The highest BCUT2D eigenvalue weighted by molar-refractivity contribution is 7.14. The van der Waals surface area contributed by atoms with Gasteiger partial charge in [-0.2, -0.15) is 0 Å². The molecule has 1 heterocycles. The van der Waals surface area contributed by atoms with Gasteiger partial charge in [-0.05, 0) is 31.4 Å². The number of aliphatic hydroxyl groups is 1. The maximum atomic E-state index is 12.4. The molecule has 110 valence electrons. The van der Waals surface area contributed by atoms with Gasteiger partial charge in [-0.3, -0.25) is 4.79 Å². The smallest absolute Gasteiger partial charge is 0.263 e. The quantitative estimate of drug-likeness (QED) is 0.848. The van der Waals surface area contributed by atoms with Crippen LogP contribution in [-0.4, -0.2) is 35.6 Å². The van der Waals surface area contributed by atoms with Crippen molar-refractivity contribution in [1.82, 2.24) is 4.90 Å². The number of carbonyl (C=O) groups excluding carboxylic acids is 1. The lowest BCUT2D eigenvalue weighted by Crippen LogP contribution is -2.35. The predicted octanol–water partition coefficient (Wildman–Crippen LogP) is 3.05. The molecule has 1 N–H and O–H groups in total. The normalized spacial score (nSPS) is 10.3. The van der Waals surface area contributed by atoms with Crippen LogP contribution >= 0.6 is 11.3 Å². The van der Waals surface area contributed by atoms with Gasteiger partial charge in [-0.25, -0.2) is 0 Å². The van der Waals surface area contributed by atoms with E-state index in [2.05, 4.69) is 25.7 Å². The molecule has 0 aliphatic rings. The molecule has 20 heavy (non-hydrogen) atoms. The van der Waals surface area contributed by atoms with Gasteiger partial charge in [-0.15, -0.1) is 11.3 Å². The number of amides is 1. The molecule has 0 radical (unpaired) electrons. The van der Waals surface area contributed by atoms with Crippen LogP contribution in [0.3, 0.4) is 0 Å². The fourth-order valence-corrected chi connectivity index (χ4v) is 3.12. The second kappa shape index (κ2) is 8.08. The molecule has 3 nitrogen and oxygen atoms in total. The Morgan fingerprint density at radius 1 is 1.45 bits per heavy atom. The highest BCUT2D eigenvalue weighted by Crippen LogP contribution is 2.23. The van der Waals surface area contributed by atoms with Gasteiger partial charge in [0.05, 0.1) is 16.4 Å². The van der Waals surface area contributed by atoms with Crippen LogP contribution in [0.1, 0.15) is 53.2 Å². The van der Waals surface area contributed by atoms with Crippen LogP contribution in [0, 0.1) is 18.8 Å². The Hall–Kier alpha value is -1.31. The number of hydrogen-bond donors (Lipinski definition) is 1. The molecule has 0 aromatic carbocycles. The van der Waals surface area contributed by atoms with Crippen LogP contribution in [0.15, 0.2) is 6.07 Å². The maximum Gasteiger partial charge on any atom is 0.263 e. The molecule has 0 spiro atoms. The summed E-state index contributed by atoms with van der Waals surface area (Å²) < 4.78 is 0. The summed E-state index contributed by atoms with van der Waals surface area (Å²) in [7, 11) is 1.87. The molecule has 0 fully saturated rings. The zero-order valence-corrected chi connectivity index (χ0v) is 13.5.